The Morgan fingerprint density at radius 1 is 1.05 bits per heavy atom. The fourth-order valence-corrected chi connectivity index (χ4v) is 4.09. The number of nitrogens with one attached hydrogen (secondary N) is 2. The summed E-state index contributed by atoms with van der Waals surface area (Å²) < 4.78 is 19.8. The molecule has 2 N–H and O–H groups in total. The smallest absolute Gasteiger partial charge is 0.410 e. The van der Waals surface area contributed by atoms with Crippen molar-refractivity contribution in [2.24, 2.45) is 0 Å². The number of carbonyl (C=O) groups is 3. The van der Waals surface area contributed by atoms with Crippen LogP contribution in [-0.2, 0) is 4.74 Å². The molecule has 1 fully saturated rings. The number of amides is 2. The van der Waals surface area contributed by atoms with Crippen molar-refractivity contribution in [1.82, 2.24) is 19.9 Å². The first-order valence-corrected chi connectivity index (χ1v) is 12.4. The molecule has 4 rings (SSSR count). The molecule has 0 bridgehead atoms. The molecule has 2 amide bonds. The van der Waals surface area contributed by atoms with E-state index in [0.717, 1.165) is 0 Å². The molecular weight excluding hydrogens is 538 g/mol. The zero-order valence-electron chi connectivity index (χ0n) is 20.8. The van der Waals surface area contributed by atoms with E-state index in [1.54, 1.807) is 4.90 Å². The quantitative estimate of drug-likeness (QED) is 0.338. The fourth-order valence-electron chi connectivity index (χ4n) is 3.70. The molecule has 38 heavy (non-hydrogen) atoms. The second-order valence-electron chi connectivity index (χ2n) is 9.53. The lowest BCUT2D eigenvalue weighted by Gasteiger charge is -2.35. The number of aromatic amines is 1. The largest absolute Gasteiger partial charge is 0.444 e. The van der Waals surface area contributed by atoms with Crippen molar-refractivity contribution in [2.75, 3.05) is 36.4 Å². The van der Waals surface area contributed by atoms with Crippen molar-refractivity contribution in [2.45, 2.75) is 26.4 Å². The topological polar surface area (TPSA) is 121 Å². The number of piperazine rings is 1. The average molecular weight is 563 g/mol. The summed E-state index contributed by atoms with van der Waals surface area (Å²) in [7, 11) is 0. The number of benzene rings is 1. The minimum Gasteiger partial charge on any atom is -0.444 e. The van der Waals surface area contributed by atoms with Gasteiger partial charge in [0.2, 0.25) is 5.95 Å². The molecule has 0 radical (unpaired) electrons. The van der Waals surface area contributed by atoms with Crippen molar-refractivity contribution in [1.29, 1.82) is 0 Å². The Morgan fingerprint density at radius 2 is 1.68 bits per heavy atom. The van der Waals surface area contributed by atoms with Crippen LogP contribution in [0.5, 0.6) is 0 Å². The summed E-state index contributed by atoms with van der Waals surface area (Å²) in [5, 5.41) is 2.31. The summed E-state index contributed by atoms with van der Waals surface area (Å²) in [6.45, 7) is 7.46. The van der Waals surface area contributed by atoms with E-state index in [1.807, 2.05) is 25.7 Å². The number of ketones is 1. The van der Waals surface area contributed by atoms with Gasteiger partial charge in [-0.15, -0.1) is 0 Å². The molecule has 0 aliphatic carbocycles. The highest BCUT2D eigenvalue weighted by Gasteiger charge is 2.27. The molecule has 3 aromatic rings. The summed E-state index contributed by atoms with van der Waals surface area (Å²) in [5.41, 5.74) is -0.500. The Balaban J connectivity index is 1.35. The van der Waals surface area contributed by atoms with Gasteiger partial charge in [-0.25, -0.2) is 19.2 Å². The van der Waals surface area contributed by atoms with Crippen molar-refractivity contribution >= 4 is 52.6 Å². The van der Waals surface area contributed by atoms with Gasteiger partial charge in [0.05, 0.1) is 33.7 Å². The molecule has 10 nitrogen and oxygen atoms in total. The molecule has 0 saturated carbocycles. The Kier molecular flexibility index (Phi) is 7.89. The molecule has 1 aliphatic heterocycles. The van der Waals surface area contributed by atoms with Gasteiger partial charge in [0.25, 0.3) is 5.91 Å². The zero-order valence-corrected chi connectivity index (χ0v) is 22.4. The highest BCUT2D eigenvalue weighted by molar-refractivity contribution is 6.37. The number of H-pyrrole nitrogens is 1. The van der Waals surface area contributed by atoms with E-state index in [-0.39, 0.29) is 33.0 Å². The van der Waals surface area contributed by atoms with Crippen LogP contribution in [0.1, 0.15) is 47.2 Å². The SMILES string of the molecule is CC(C)(C)OC(=O)N1CCN(c2ncc(NC(=O)c3cc(C(=O)c4c(Cl)ccc(Cl)c4F)c[nH]3)cn2)CC1. The number of aromatic nitrogens is 3. The van der Waals surface area contributed by atoms with Gasteiger partial charge >= 0.3 is 6.09 Å². The number of halogens is 3. The van der Waals surface area contributed by atoms with Crippen LogP contribution in [0.2, 0.25) is 10.0 Å². The molecule has 200 valence electrons. The number of ether oxygens (including phenoxy) is 1. The molecule has 0 unspecified atom stereocenters. The van der Waals surface area contributed by atoms with Crippen molar-refractivity contribution in [3.8, 4) is 0 Å². The van der Waals surface area contributed by atoms with Gasteiger partial charge in [0.15, 0.2) is 11.6 Å². The summed E-state index contributed by atoms with van der Waals surface area (Å²) >= 11 is 11.8. The number of hydrogen-bond donors (Lipinski definition) is 2. The number of carbonyl (C=O) groups excluding carboxylic acids is 3. The minimum absolute atomic E-state index is 0.0374. The van der Waals surface area contributed by atoms with Gasteiger partial charge in [0, 0.05) is 37.9 Å². The highest BCUT2D eigenvalue weighted by atomic mass is 35.5. The normalized spacial score (nSPS) is 13.8. The molecular formula is C25H25Cl2FN6O4. The van der Waals surface area contributed by atoms with Crippen LogP contribution in [0.15, 0.2) is 36.8 Å². The first-order chi connectivity index (χ1) is 17.9. The third kappa shape index (κ3) is 6.22. The van der Waals surface area contributed by atoms with Crippen LogP contribution in [-0.4, -0.2) is 69.4 Å². The summed E-state index contributed by atoms with van der Waals surface area (Å²) in [4.78, 5) is 52.5. The van der Waals surface area contributed by atoms with Crippen LogP contribution in [0.25, 0.3) is 0 Å². The van der Waals surface area contributed by atoms with E-state index in [4.69, 9.17) is 27.9 Å². The molecule has 0 atom stereocenters. The molecule has 1 aliphatic rings. The number of nitrogens with zero attached hydrogens (tertiary/aromatic N) is 4. The van der Waals surface area contributed by atoms with Gasteiger partial charge in [0.1, 0.15) is 11.3 Å². The van der Waals surface area contributed by atoms with Crippen LogP contribution < -0.4 is 10.2 Å². The highest BCUT2D eigenvalue weighted by Crippen LogP contribution is 2.28. The molecule has 0 spiro atoms. The Hall–Kier alpha value is -3.70. The lowest BCUT2D eigenvalue weighted by Crippen LogP contribution is -2.50. The minimum atomic E-state index is -0.931. The second kappa shape index (κ2) is 11.0. The molecule has 3 heterocycles. The Labute approximate surface area is 228 Å². The summed E-state index contributed by atoms with van der Waals surface area (Å²) in [6, 6.07) is 3.86. The standard InChI is InChI=1S/C25H25Cl2FN6O4/c1-25(2,3)38-24(37)34-8-6-33(7-9-34)23-30-12-15(13-31-23)32-22(36)18-10-14(11-29-18)21(35)19-16(26)4-5-17(27)20(19)28/h4-5,10-13,29H,6-9H2,1-3H3,(H,32,36). The number of hydrogen-bond acceptors (Lipinski definition) is 7. The molecule has 1 saturated heterocycles. The van der Waals surface area contributed by atoms with E-state index >= 15 is 0 Å². The van der Waals surface area contributed by atoms with E-state index < -0.39 is 23.1 Å². The third-order valence-electron chi connectivity index (χ3n) is 5.57. The van der Waals surface area contributed by atoms with E-state index in [2.05, 4.69) is 20.3 Å². The molecule has 13 heteroatoms. The van der Waals surface area contributed by atoms with E-state index in [0.29, 0.717) is 37.8 Å². The first-order valence-electron chi connectivity index (χ1n) is 11.7. The van der Waals surface area contributed by atoms with Crippen molar-refractivity contribution in [3.05, 3.63) is 69.5 Å². The Morgan fingerprint density at radius 3 is 2.32 bits per heavy atom. The van der Waals surface area contributed by atoms with Crippen LogP contribution in [0.3, 0.4) is 0 Å². The van der Waals surface area contributed by atoms with E-state index in [1.165, 1.54) is 36.8 Å². The molecule has 1 aromatic carbocycles. The van der Waals surface area contributed by atoms with Crippen LogP contribution in [0, 0.1) is 5.82 Å². The fraction of sp³-hybridized carbons (Fsp3) is 0.320. The summed E-state index contributed by atoms with van der Waals surface area (Å²) in [5.74, 6) is -1.74. The maximum atomic E-state index is 14.4. The van der Waals surface area contributed by atoms with Gasteiger partial charge in [-0.1, -0.05) is 23.2 Å². The predicted molar refractivity (Wildman–Crippen MR) is 141 cm³/mol. The van der Waals surface area contributed by atoms with Gasteiger partial charge in [-0.2, -0.15) is 0 Å². The predicted octanol–water partition coefficient (Wildman–Crippen LogP) is 4.79. The van der Waals surface area contributed by atoms with Crippen molar-refractivity contribution < 1.29 is 23.5 Å². The molecule has 2 aromatic heterocycles. The summed E-state index contributed by atoms with van der Waals surface area (Å²) in [6.07, 6.45) is 3.84. The maximum Gasteiger partial charge on any atom is 0.410 e. The zero-order chi connectivity index (χ0) is 27.6. The lowest BCUT2D eigenvalue weighted by atomic mass is 10.0. The monoisotopic (exact) mass is 562 g/mol. The Bertz CT molecular complexity index is 1370. The maximum absolute atomic E-state index is 14.4. The lowest BCUT2D eigenvalue weighted by molar-refractivity contribution is 0.0240. The second-order valence-corrected chi connectivity index (χ2v) is 10.3. The first kappa shape index (κ1) is 27.3. The van der Waals surface area contributed by atoms with Crippen molar-refractivity contribution in [3.63, 3.8) is 0 Å². The number of rotatable bonds is 5. The average Bonchev–Trinajstić information content (AvgIpc) is 3.37. The van der Waals surface area contributed by atoms with Gasteiger partial charge in [-0.05, 0) is 39.0 Å². The number of anilines is 2. The van der Waals surface area contributed by atoms with Gasteiger partial charge < -0.3 is 24.8 Å². The van der Waals surface area contributed by atoms with Crippen LogP contribution >= 0.6 is 23.2 Å². The van der Waals surface area contributed by atoms with E-state index in [9.17, 15) is 18.8 Å². The van der Waals surface area contributed by atoms with Gasteiger partial charge in [-0.3, -0.25) is 9.59 Å². The van der Waals surface area contributed by atoms with Crippen LogP contribution in [0.4, 0.5) is 20.8 Å². The third-order valence-corrected chi connectivity index (χ3v) is 6.18.